The predicted octanol–water partition coefficient (Wildman–Crippen LogP) is 2.10. The summed E-state index contributed by atoms with van der Waals surface area (Å²) in [5.74, 6) is 0. The summed E-state index contributed by atoms with van der Waals surface area (Å²) < 4.78 is 5.87. The number of aldehydes is 1. The zero-order valence-electron chi connectivity index (χ0n) is 6.53. The molecule has 1 aliphatic heterocycles. The molecule has 0 radical (unpaired) electrons. The number of rotatable bonds is 3. The van der Waals surface area contributed by atoms with Crippen molar-refractivity contribution in [3.63, 3.8) is 0 Å². The Kier molecular flexibility index (Phi) is 2.88. The molecule has 1 aromatic rings. The summed E-state index contributed by atoms with van der Waals surface area (Å²) in [5, 5.41) is 0.782. The van der Waals surface area contributed by atoms with Crippen LogP contribution in [0.25, 0.3) is 0 Å². The van der Waals surface area contributed by atoms with Crippen molar-refractivity contribution in [3.8, 4) is 0 Å². The van der Waals surface area contributed by atoms with Crippen LogP contribution in [0.3, 0.4) is 0 Å². The van der Waals surface area contributed by atoms with E-state index >= 15 is 0 Å². The van der Waals surface area contributed by atoms with Gasteiger partial charge in [-0.2, -0.15) is 0 Å². The van der Waals surface area contributed by atoms with Crippen LogP contribution in [0.1, 0.15) is 9.67 Å². The molecular formula is C7H6ClNO2S2. The van der Waals surface area contributed by atoms with Crippen LogP contribution >= 0.6 is 34.7 Å². The largest absolute Gasteiger partial charge is 0.379 e. The van der Waals surface area contributed by atoms with Crippen molar-refractivity contribution >= 4 is 41.0 Å². The Morgan fingerprint density at radius 1 is 1.69 bits per heavy atom. The SMILES string of the molecule is O=Cc1sc(SC2COC2)nc1Cl. The zero-order chi connectivity index (χ0) is 9.26. The Labute approximate surface area is 88.4 Å². The molecule has 0 unspecified atom stereocenters. The van der Waals surface area contributed by atoms with Gasteiger partial charge in [0.15, 0.2) is 15.8 Å². The van der Waals surface area contributed by atoms with Crippen LogP contribution in [0.2, 0.25) is 5.15 Å². The van der Waals surface area contributed by atoms with Gasteiger partial charge < -0.3 is 4.74 Å². The lowest BCUT2D eigenvalue weighted by Gasteiger charge is -2.23. The van der Waals surface area contributed by atoms with E-state index < -0.39 is 0 Å². The number of thioether (sulfide) groups is 1. The van der Waals surface area contributed by atoms with Crippen molar-refractivity contribution in [1.29, 1.82) is 0 Å². The third-order valence-electron chi connectivity index (χ3n) is 1.57. The van der Waals surface area contributed by atoms with Crippen LogP contribution in [-0.2, 0) is 4.74 Å². The van der Waals surface area contributed by atoms with Gasteiger partial charge in [-0.05, 0) is 0 Å². The summed E-state index contributed by atoms with van der Waals surface area (Å²) in [6.07, 6.45) is 0.737. The molecule has 2 rings (SSSR count). The number of halogens is 1. The number of hydrogen-bond acceptors (Lipinski definition) is 5. The van der Waals surface area contributed by atoms with Crippen molar-refractivity contribution < 1.29 is 9.53 Å². The number of nitrogens with zero attached hydrogens (tertiary/aromatic N) is 1. The second-order valence-corrected chi connectivity index (χ2v) is 5.47. The molecule has 1 fully saturated rings. The fourth-order valence-corrected chi connectivity index (χ4v) is 3.32. The smallest absolute Gasteiger partial charge is 0.163 e. The highest BCUT2D eigenvalue weighted by molar-refractivity contribution is 8.01. The molecule has 0 aliphatic carbocycles. The maximum Gasteiger partial charge on any atom is 0.163 e. The van der Waals surface area contributed by atoms with Gasteiger partial charge in [-0.3, -0.25) is 4.79 Å². The number of ether oxygens (including phenoxy) is 1. The summed E-state index contributed by atoms with van der Waals surface area (Å²) in [5.41, 5.74) is 0. The van der Waals surface area contributed by atoms with E-state index in [0.717, 1.165) is 23.8 Å². The van der Waals surface area contributed by atoms with E-state index in [1.807, 2.05) is 0 Å². The second-order valence-electron chi connectivity index (χ2n) is 2.53. The lowest BCUT2D eigenvalue weighted by Crippen LogP contribution is -2.29. The molecule has 70 valence electrons. The average molecular weight is 236 g/mol. The Hall–Kier alpha value is -0.100. The third kappa shape index (κ3) is 2.04. The molecule has 0 saturated carbocycles. The van der Waals surface area contributed by atoms with Crippen LogP contribution in [0.5, 0.6) is 0 Å². The van der Waals surface area contributed by atoms with Crippen molar-refractivity contribution in [2.45, 2.75) is 9.59 Å². The van der Waals surface area contributed by atoms with Crippen molar-refractivity contribution in [2.75, 3.05) is 13.2 Å². The van der Waals surface area contributed by atoms with E-state index in [-0.39, 0.29) is 0 Å². The Balaban J connectivity index is 2.07. The van der Waals surface area contributed by atoms with Gasteiger partial charge in [0, 0.05) is 0 Å². The first-order chi connectivity index (χ1) is 6.29. The second kappa shape index (κ2) is 3.96. The summed E-state index contributed by atoms with van der Waals surface area (Å²) in [6.45, 7) is 1.52. The highest BCUT2D eigenvalue weighted by Crippen LogP contribution is 2.33. The average Bonchev–Trinajstić information content (AvgIpc) is 2.39. The fraction of sp³-hybridized carbons (Fsp3) is 0.429. The van der Waals surface area contributed by atoms with Gasteiger partial charge in [-0.15, -0.1) is 11.3 Å². The number of carbonyl (C=O) groups is 1. The van der Waals surface area contributed by atoms with Crippen molar-refractivity contribution in [1.82, 2.24) is 4.98 Å². The van der Waals surface area contributed by atoms with Gasteiger partial charge >= 0.3 is 0 Å². The quantitative estimate of drug-likeness (QED) is 0.753. The van der Waals surface area contributed by atoms with Crippen molar-refractivity contribution in [3.05, 3.63) is 10.0 Å². The van der Waals surface area contributed by atoms with Gasteiger partial charge in [0.25, 0.3) is 0 Å². The van der Waals surface area contributed by atoms with Crippen LogP contribution in [0, 0.1) is 0 Å². The van der Waals surface area contributed by atoms with E-state index in [1.54, 1.807) is 11.8 Å². The molecule has 0 bridgehead atoms. The van der Waals surface area contributed by atoms with Crippen LogP contribution < -0.4 is 0 Å². The van der Waals surface area contributed by atoms with Crippen LogP contribution in [0.4, 0.5) is 0 Å². The van der Waals surface area contributed by atoms with E-state index in [0.29, 0.717) is 15.3 Å². The molecule has 0 N–H and O–H groups in total. The maximum absolute atomic E-state index is 10.5. The minimum atomic E-state index is 0.308. The van der Waals surface area contributed by atoms with E-state index in [4.69, 9.17) is 16.3 Å². The molecule has 1 saturated heterocycles. The van der Waals surface area contributed by atoms with Gasteiger partial charge in [-0.25, -0.2) is 4.98 Å². The highest BCUT2D eigenvalue weighted by Gasteiger charge is 2.21. The highest BCUT2D eigenvalue weighted by atomic mass is 35.5. The Morgan fingerprint density at radius 2 is 2.46 bits per heavy atom. The van der Waals surface area contributed by atoms with Gasteiger partial charge in [0.1, 0.15) is 4.88 Å². The molecule has 1 aliphatic rings. The predicted molar refractivity (Wildman–Crippen MR) is 53.0 cm³/mol. The van der Waals surface area contributed by atoms with E-state index in [1.165, 1.54) is 11.3 Å². The topological polar surface area (TPSA) is 39.2 Å². The maximum atomic E-state index is 10.5. The van der Waals surface area contributed by atoms with Gasteiger partial charge in [-0.1, -0.05) is 23.4 Å². The molecule has 1 aromatic heterocycles. The number of aromatic nitrogens is 1. The normalized spacial score (nSPS) is 17.0. The molecule has 13 heavy (non-hydrogen) atoms. The first-order valence-corrected chi connectivity index (χ1v) is 5.73. The summed E-state index contributed by atoms with van der Waals surface area (Å²) in [4.78, 5) is 15.0. The lowest BCUT2D eigenvalue weighted by molar-refractivity contribution is 0.0455. The fourth-order valence-electron chi connectivity index (χ4n) is 0.842. The Bertz CT molecular complexity index is 324. The van der Waals surface area contributed by atoms with E-state index in [2.05, 4.69) is 4.98 Å². The molecule has 2 heterocycles. The first kappa shape index (κ1) is 9.45. The van der Waals surface area contributed by atoms with E-state index in [9.17, 15) is 4.79 Å². The minimum Gasteiger partial charge on any atom is -0.379 e. The van der Waals surface area contributed by atoms with Crippen LogP contribution in [-0.4, -0.2) is 29.7 Å². The molecule has 3 nitrogen and oxygen atoms in total. The summed E-state index contributed by atoms with van der Waals surface area (Å²) >= 11 is 8.67. The van der Waals surface area contributed by atoms with Crippen molar-refractivity contribution in [2.24, 2.45) is 0 Å². The van der Waals surface area contributed by atoms with Crippen LogP contribution in [0.15, 0.2) is 4.34 Å². The third-order valence-corrected chi connectivity index (χ3v) is 4.18. The number of carbonyl (C=O) groups excluding carboxylic acids is 1. The number of thiazole rings is 1. The minimum absolute atomic E-state index is 0.308. The number of hydrogen-bond donors (Lipinski definition) is 0. The Morgan fingerprint density at radius 3 is 2.92 bits per heavy atom. The molecule has 6 heteroatoms. The zero-order valence-corrected chi connectivity index (χ0v) is 8.92. The molecular weight excluding hydrogens is 230 g/mol. The standard InChI is InChI=1S/C7H6ClNO2S2/c8-6-5(1-10)13-7(9-6)12-4-2-11-3-4/h1,4H,2-3H2. The summed E-state index contributed by atoms with van der Waals surface area (Å²) in [7, 11) is 0. The summed E-state index contributed by atoms with van der Waals surface area (Å²) in [6, 6.07) is 0. The first-order valence-electron chi connectivity index (χ1n) is 3.65. The van der Waals surface area contributed by atoms with Gasteiger partial charge in [0.05, 0.1) is 18.5 Å². The molecule has 0 amide bonds. The lowest BCUT2D eigenvalue weighted by atomic mass is 10.4. The molecule has 0 atom stereocenters. The molecule has 0 spiro atoms. The van der Waals surface area contributed by atoms with Gasteiger partial charge in [0.2, 0.25) is 0 Å². The monoisotopic (exact) mass is 235 g/mol. The molecule has 0 aromatic carbocycles.